The standard InChI is InChI=1S/C52H52N4S8/c1-29(2)25-57-33-17-37-45-9-11-47(61-45)39-19-34(58-26-30(3)4)21-41(54-39)49-13-15-51(63-49)43-23-36(60-28-32(7)8)24-44(56-43)52-16-14-50(64-52)42-22-35(59-27-31(5)6)20-40(55-42)48-12-10-46(62-48)38(18-33)53-37/h9-24,29-32H,25-28H2,1-8H3. The average Bonchev–Trinajstić information content (AvgIpc) is 4.13. The SMILES string of the molecule is CC(C)CSc1cc2nc(c1)-c1ccc(s1)-c1cc(SCC(C)C)cc(n1)-c1ccc(s1)-c1cc(SCC(C)C)cc(n1)-c1ccc(s1)-c1cc(SCC(C)C)cc(n1)-c1ccc-2s1. The minimum absolute atomic E-state index is 0.578. The van der Waals surface area contributed by atoms with Crippen LogP contribution in [0.1, 0.15) is 55.4 Å². The number of rotatable bonds is 12. The van der Waals surface area contributed by atoms with Gasteiger partial charge in [-0.1, -0.05) is 55.4 Å². The van der Waals surface area contributed by atoms with Crippen LogP contribution < -0.4 is 0 Å². The summed E-state index contributed by atoms with van der Waals surface area (Å²) in [7, 11) is 0. The molecule has 8 aromatic rings. The van der Waals surface area contributed by atoms with E-state index in [1.54, 1.807) is 45.3 Å². The van der Waals surface area contributed by atoms with Crippen molar-refractivity contribution in [1.82, 2.24) is 19.9 Å². The molecule has 1 aliphatic heterocycles. The Morgan fingerprint density at radius 2 is 0.453 bits per heavy atom. The molecule has 16 bridgehead atoms. The summed E-state index contributed by atoms with van der Waals surface area (Å²) in [6.07, 6.45) is 0. The molecule has 328 valence electrons. The molecule has 9 rings (SSSR count). The van der Waals surface area contributed by atoms with E-state index in [9.17, 15) is 0 Å². The molecular formula is C52H52N4S8. The molecule has 0 amide bonds. The van der Waals surface area contributed by atoms with Crippen LogP contribution in [0.3, 0.4) is 0 Å². The van der Waals surface area contributed by atoms with Gasteiger partial charge >= 0.3 is 0 Å². The first-order chi connectivity index (χ1) is 30.9. The Kier molecular flexibility index (Phi) is 14.6. The van der Waals surface area contributed by atoms with Gasteiger partial charge in [0.05, 0.1) is 84.6 Å². The molecule has 0 fully saturated rings. The smallest absolute Gasteiger partial charge is 0.0820 e. The van der Waals surface area contributed by atoms with Crippen LogP contribution in [0.2, 0.25) is 0 Å². The molecule has 0 radical (unpaired) electrons. The van der Waals surface area contributed by atoms with Gasteiger partial charge < -0.3 is 0 Å². The highest BCUT2D eigenvalue weighted by Crippen LogP contribution is 2.44. The Bertz CT molecular complexity index is 2360. The Morgan fingerprint density at radius 3 is 0.594 bits per heavy atom. The zero-order chi connectivity index (χ0) is 44.5. The van der Waals surface area contributed by atoms with Gasteiger partial charge in [0.25, 0.3) is 0 Å². The van der Waals surface area contributed by atoms with Crippen LogP contribution in [0.4, 0.5) is 0 Å². The fraction of sp³-hybridized carbons (Fsp3) is 0.308. The number of hydrogen-bond donors (Lipinski definition) is 0. The Balaban J connectivity index is 1.23. The van der Waals surface area contributed by atoms with Crippen LogP contribution in [-0.2, 0) is 0 Å². The van der Waals surface area contributed by atoms with Gasteiger partial charge in [0.1, 0.15) is 0 Å². The van der Waals surface area contributed by atoms with Crippen molar-refractivity contribution in [2.45, 2.75) is 75.0 Å². The summed E-state index contributed by atoms with van der Waals surface area (Å²) in [6.45, 7) is 18.3. The summed E-state index contributed by atoms with van der Waals surface area (Å²) in [5.41, 5.74) is 8.00. The van der Waals surface area contributed by atoms with Gasteiger partial charge in [-0.15, -0.1) is 92.4 Å². The van der Waals surface area contributed by atoms with Crippen LogP contribution in [0.15, 0.2) is 117 Å². The monoisotopic (exact) mass is 988 g/mol. The van der Waals surface area contributed by atoms with Gasteiger partial charge in [-0.3, -0.25) is 0 Å². The average molecular weight is 990 g/mol. The van der Waals surface area contributed by atoms with E-state index in [0.29, 0.717) is 23.7 Å². The topological polar surface area (TPSA) is 51.6 Å². The Morgan fingerprint density at radius 1 is 0.297 bits per heavy atom. The maximum absolute atomic E-state index is 5.39. The minimum atomic E-state index is 0.578. The molecule has 8 aromatic heterocycles. The number of thiophene rings is 4. The summed E-state index contributed by atoms with van der Waals surface area (Å²) in [5, 5.41) is 0. The van der Waals surface area contributed by atoms with Crippen molar-refractivity contribution in [1.29, 1.82) is 0 Å². The first kappa shape index (κ1) is 45.9. The van der Waals surface area contributed by atoms with Crippen molar-refractivity contribution in [2.24, 2.45) is 23.7 Å². The van der Waals surface area contributed by atoms with Crippen LogP contribution in [-0.4, -0.2) is 42.9 Å². The molecule has 0 saturated heterocycles. The Hall–Kier alpha value is -3.20. The third kappa shape index (κ3) is 11.1. The summed E-state index contributed by atoms with van der Waals surface area (Å²) in [6, 6.07) is 36.1. The van der Waals surface area contributed by atoms with E-state index < -0.39 is 0 Å². The number of hydrogen-bond acceptors (Lipinski definition) is 12. The van der Waals surface area contributed by atoms with Crippen molar-refractivity contribution in [2.75, 3.05) is 23.0 Å². The first-order valence-electron chi connectivity index (χ1n) is 21.9. The summed E-state index contributed by atoms with van der Waals surface area (Å²) >= 11 is 14.8. The fourth-order valence-electron chi connectivity index (χ4n) is 6.87. The van der Waals surface area contributed by atoms with E-state index in [0.717, 1.165) is 108 Å². The minimum Gasteiger partial charge on any atom is -0.246 e. The largest absolute Gasteiger partial charge is 0.246 e. The predicted molar refractivity (Wildman–Crippen MR) is 288 cm³/mol. The third-order valence-corrected chi connectivity index (χ3v) is 20.1. The summed E-state index contributed by atoms with van der Waals surface area (Å²) < 4.78 is 0. The van der Waals surface area contributed by atoms with Crippen molar-refractivity contribution < 1.29 is 0 Å². The molecule has 0 aromatic carbocycles. The van der Waals surface area contributed by atoms with Gasteiger partial charge in [0, 0.05) is 42.6 Å². The third-order valence-electron chi connectivity index (χ3n) is 9.97. The van der Waals surface area contributed by atoms with Crippen LogP contribution in [0.5, 0.6) is 0 Å². The lowest BCUT2D eigenvalue weighted by Crippen LogP contribution is -1.93. The second-order valence-electron chi connectivity index (χ2n) is 17.8. The normalized spacial score (nSPS) is 12.2. The highest BCUT2D eigenvalue weighted by Gasteiger charge is 2.20. The molecule has 0 spiro atoms. The van der Waals surface area contributed by atoms with Gasteiger partial charge in [0.2, 0.25) is 0 Å². The van der Waals surface area contributed by atoms with Crippen molar-refractivity contribution in [3.63, 3.8) is 0 Å². The van der Waals surface area contributed by atoms with Gasteiger partial charge in [-0.05, 0) is 121 Å². The van der Waals surface area contributed by atoms with Crippen LogP contribution in [0.25, 0.3) is 84.6 Å². The molecule has 64 heavy (non-hydrogen) atoms. The molecule has 1 aliphatic rings. The van der Waals surface area contributed by atoms with E-state index >= 15 is 0 Å². The van der Waals surface area contributed by atoms with E-state index in [1.807, 2.05) is 47.0 Å². The second-order valence-corrected chi connectivity index (χ2v) is 26.5. The number of aromatic nitrogens is 4. The van der Waals surface area contributed by atoms with E-state index in [2.05, 4.69) is 152 Å². The molecule has 0 N–H and O–H groups in total. The maximum atomic E-state index is 5.39. The molecule has 9 heterocycles. The van der Waals surface area contributed by atoms with Gasteiger partial charge in [-0.25, -0.2) is 19.9 Å². The molecule has 0 saturated carbocycles. The quantitative estimate of drug-likeness (QED) is 0.112. The van der Waals surface area contributed by atoms with Gasteiger partial charge in [0.15, 0.2) is 0 Å². The van der Waals surface area contributed by atoms with E-state index in [1.165, 1.54) is 19.6 Å². The zero-order valence-corrected chi connectivity index (χ0v) is 44.0. The molecule has 4 nitrogen and oxygen atoms in total. The lowest BCUT2D eigenvalue weighted by atomic mass is 10.2. The summed E-state index contributed by atoms with van der Waals surface area (Å²) in [5.74, 6) is 6.49. The van der Waals surface area contributed by atoms with E-state index in [-0.39, 0.29) is 0 Å². The maximum Gasteiger partial charge on any atom is 0.0820 e. The lowest BCUT2D eigenvalue weighted by molar-refractivity contribution is 0.750. The highest BCUT2D eigenvalue weighted by atomic mass is 32.2. The van der Waals surface area contributed by atoms with Crippen molar-refractivity contribution >= 4 is 92.4 Å². The molecular weight excluding hydrogens is 937 g/mol. The number of thioether (sulfide) groups is 4. The highest BCUT2D eigenvalue weighted by molar-refractivity contribution is 8.00. The number of nitrogens with zero attached hydrogens (tertiary/aromatic N) is 4. The van der Waals surface area contributed by atoms with Crippen LogP contribution in [0, 0.1) is 23.7 Å². The van der Waals surface area contributed by atoms with Crippen molar-refractivity contribution in [3.8, 4) is 84.6 Å². The molecule has 0 unspecified atom stereocenters. The predicted octanol–water partition coefficient (Wildman–Crippen LogP) is 18.2. The summed E-state index contributed by atoms with van der Waals surface area (Å²) in [4.78, 5) is 35.7. The molecule has 0 aliphatic carbocycles. The van der Waals surface area contributed by atoms with E-state index in [4.69, 9.17) is 19.9 Å². The molecule has 12 heteroatoms. The second kappa shape index (κ2) is 20.3. The first-order valence-corrected chi connectivity index (χ1v) is 29.1. The Labute approximate surface area is 412 Å². The molecule has 0 atom stereocenters. The van der Waals surface area contributed by atoms with Gasteiger partial charge in [-0.2, -0.15) is 0 Å². The van der Waals surface area contributed by atoms with Crippen LogP contribution >= 0.6 is 92.4 Å². The lowest BCUT2D eigenvalue weighted by Gasteiger charge is -2.10. The number of fused-ring (bicyclic) bond motifs is 24. The van der Waals surface area contributed by atoms with Crippen molar-refractivity contribution in [3.05, 3.63) is 97.1 Å². The number of pyridine rings is 4. The zero-order valence-electron chi connectivity index (χ0n) is 37.4. The fourth-order valence-corrected chi connectivity index (χ4v) is 14.2.